The second-order valence-corrected chi connectivity index (χ2v) is 12.1. The molecule has 5 rings (SSSR count). The van der Waals surface area contributed by atoms with Gasteiger partial charge in [-0.05, 0) is 91.9 Å². The minimum absolute atomic E-state index is 0.234. The van der Waals surface area contributed by atoms with Gasteiger partial charge in [-0.3, -0.25) is 19.4 Å². The second kappa shape index (κ2) is 16.1. The molecule has 0 spiro atoms. The Hall–Kier alpha value is -4.30. The van der Waals surface area contributed by atoms with Gasteiger partial charge in [0.2, 0.25) is 0 Å². The van der Waals surface area contributed by atoms with Crippen molar-refractivity contribution in [1.29, 1.82) is 0 Å². The molecule has 2 heterocycles. The highest BCUT2D eigenvalue weighted by atomic mass is 16.5. The van der Waals surface area contributed by atoms with Crippen LogP contribution in [-0.2, 0) is 22.5 Å². The summed E-state index contributed by atoms with van der Waals surface area (Å²) in [6.07, 6.45) is 18.2. The summed E-state index contributed by atoms with van der Waals surface area (Å²) in [5.74, 6) is 0.0251. The van der Waals surface area contributed by atoms with Crippen molar-refractivity contribution >= 4 is 28.3 Å². The molecule has 45 heavy (non-hydrogen) atoms. The Morgan fingerprint density at radius 2 is 1.80 bits per heavy atom. The van der Waals surface area contributed by atoms with Gasteiger partial charge < -0.3 is 19.9 Å². The van der Waals surface area contributed by atoms with Gasteiger partial charge in [0.05, 0.1) is 12.8 Å². The summed E-state index contributed by atoms with van der Waals surface area (Å²) in [5.41, 5.74) is 3.68. The molecule has 8 heteroatoms. The molecule has 1 amide bonds. The number of benzene rings is 2. The van der Waals surface area contributed by atoms with E-state index in [0.717, 1.165) is 40.8 Å². The van der Waals surface area contributed by atoms with Crippen LogP contribution in [-0.4, -0.2) is 41.6 Å². The largest absolute Gasteiger partial charge is 0.468 e. The molecule has 2 aromatic carbocycles. The molecule has 1 aliphatic carbocycles. The number of anilines is 1. The minimum Gasteiger partial charge on any atom is -0.468 e. The Morgan fingerprint density at radius 1 is 0.956 bits per heavy atom. The van der Waals surface area contributed by atoms with Crippen LogP contribution in [0.2, 0.25) is 0 Å². The van der Waals surface area contributed by atoms with Gasteiger partial charge in [-0.25, -0.2) is 0 Å². The van der Waals surface area contributed by atoms with Gasteiger partial charge in [0.1, 0.15) is 6.54 Å². The van der Waals surface area contributed by atoms with E-state index in [1.165, 1.54) is 99.9 Å². The van der Waals surface area contributed by atoms with E-state index in [4.69, 9.17) is 0 Å². The maximum absolute atomic E-state index is 13.1. The van der Waals surface area contributed by atoms with Crippen LogP contribution < -0.4 is 16.2 Å². The van der Waals surface area contributed by atoms with Crippen molar-refractivity contribution < 1.29 is 14.3 Å². The lowest BCUT2D eigenvalue weighted by molar-refractivity contribution is -0.141. The van der Waals surface area contributed by atoms with Crippen molar-refractivity contribution in [3.8, 4) is 11.1 Å². The Balaban J connectivity index is 1.16. The van der Waals surface area contributed by atoms with Crippen LogP contribution in [0.3, 0.4) is 0 Å². The van der Waals surface area contributed by atoms with Crippen molar-refractivity contribution in [2.24, 2.45) is 5.92 Å². The number of carbonyl (C=O) groups is 2. The molecule has 0 aliphatic heterocycles. The first-order chi connectivity index (χ1) is 22.0. The van der Waals surface area contributed by atoms with E-state index in [-0.39, 0.29) is 18.0 Å². The van der Waals surface area contributed by atoms with E-state index >= 15 is 0 Å². The van der Waals surface area contributed by atoms with Crippen LogP contribution in [0.1, 0.15) is 73.7 Å². The van der Waals surface area contributed by atoms with Crippen molar-refractivity contribution in [1.82, 2.24) is 14.9 Å². The molecular weight excluding hydrogens is 564 g/mol. The lowest BCUT2D eigenvalue weighted by atomic mass is 9.89. The van der Waals surface area contributed by atoms with Crippen molar-refractivity contribution in [3.63, 3.8) is 0 Å². The number of esters is 1. The molecule has 2 N–H and O–H groups in total. The van der Waals surface area contributed by atoms with E-state index in [1.807, 2.05) is 30.6 Å². The molecule has 0 unspecified atom stereocenters. The number of fused-ring (bicyclic) bond motifs is 1. The van der Waals surface area contributed by atoms with Crippen molar-refractivity contribution in [2.45, 2.75) is 70.8 Å². The van der Waals surface area contributed by atoms with Gasteiger partial charge in [-0.15, -0.1) is 0 Å². The molecule has 1 saturated carbocycles. The number of methoxy groups -OCH3 is 1. The SMILES string of the molecule is COC(=O)Cn1cc(NC(=O)c2cccc(-c3cncc4cc(CCCCCCNCC5CCCCC5)ccc34)c2)ccc1=O. The smallest absolute Gasteiger partial charge is 0.325 e. The van der Waals surface area contributed by atoms with Crippen molar-refractivity contribution in [3.05, 3.63) is 94.7 Å². The molecule has 1 aliphatic rings. The van der Waals surface area contributed by atoms with E-state index in [1.54, 1.807) is 6.07 Å². The zero-order chi connectivity index (χ0) is 31.4. The second-order valence-electron chi connectivity index (χ2n) is 12.1. The number of rotatable bonds is 14. The average Bonchev–Trinajstić information content (AvgIpc) is 3.07. The standard InChI is InChI=1S/C37H44N4O4/c1-45-36(43)26-41-25-32(16-18-35(41)42)40-37(44)30-14-9-13-29(21-30)34-24-39-23-31-20-27(15-17-33(31)34)10-5-2-3-8-19-38-22-28-11-6-4-7-12-28/h9,13-18,20-21,23-25,28,38H,2-8,10-12,19,22,26H2,1H3,(H,40,44). The highest BCUT2D eigenvalue weighted by molar-refractivity contribution is 6.05. The van der Waals surface area contributed by atoms with Gasteiger partial charge in [-0.1, -0.05) is 56.4 Å². The van der Waals surface area contributed by atoms with E-state index in [2.05, 4.69) is 38.6 Å². The number of aryl methyl sites for hydroxylation is 1. The topological polar surface area (TPSA) is 102 Å². The molecule has 1 fully saturated rings. The summed E-state index contributed by atoms with van der Waals surface area (Å²) >= 11 is 0. The van der Waals surface area contributed by atoms with Crippen LogP contribution in [0.4, 0.5) is 5.69 Å². The predicted octanol–water partition coefficient (Wildman–Crippen LogP) is 6.76. The third-order valence-electron chi connectivity index (χ3n) is 8.75. The Labute approximate surface area is 265 Å². The average molecular weight is 609 g/mol. The van der Waals surface area contributed by atoms with Crippen LogP contribution in [0.25, 0.3) is 21.9 Å². The maximum Gasteiger partial charge on any atom is 0.325 e. The van der Waals surface area contributed by atoms with Gasteiger partial charge >= 0.3 is 5.97 Å². The Morgan fingerprint density at radius 3 is 2.64 bits per heavy atom. The quantitative estimate of drug-likeness (QED) is 0.121. The highest BCUT2D eigenvalue weighted by Gasteiger charge is 2.13. The first-order valence-corrected chi connectivity index (χ1v) is 16.3. The summed E-state index contributed by atoms with van der Waals surface area (Å²) in [6.45, 7) is 2.10. The monoisotopic (exact) mass is 608 g/mol. The van der Waals surface area contributed by atoms with Gasteiger partial charge in [0.15, 0.2) is 0 Å². The number of amides is 1. The number of pyridine rings is 2. The number of nitrogens with zero attached hydrogens (tertiary/aromatic N) is 2. The third-order valence-corrected chi connectivity index (χ3v) is 8.75. The number of aromatic nitrogens is 2. The number of unbranched alkanes of at least 4 members (excludes halogenated alkanes) is 3. The molecule has 8 nitrogen and oxygen atoms in total. The first kappa shape index (κ1) is 32.1. The zero-order valence-electron chi connectivity index (χ0n) is 26.2. The number of carbonyl (C=O) groups excluding carboxylic acids is 2. The van der Waals surface area contributed by atoms with Crippen LogP contribution in [0.5, 0.6) is 0 Å². The Kier molecular flexibility index (Phi) is 11.5. The molecular formula is C37H44N4O4. The zero-order valence-corrected chi connectivity index (χ0v) is 26.2. The summed E-state index contributed by atoms with van der Waals surface area (Å²) in [5, 5.41) is 8.67. The lowest BCUT2D eigenvalue weighted by Crippen LogP contribution is -2.25. The molecule has 2 aromatic heterocycles. The fourth-order valence-electron chi connectivity index (χ4n) is 6.21. The minimum atomic E-state index is -0.549. The molecule has 0 atom stereocenters. The maximum atomic E-state index is 13.1. The summed E-state index contributed by atoms with van der Waals surface area (Å²) in [4.78, 5) is 41.4. The lowest BCUT2D eigenvalue weighted by Gasteiger charge is -2.21. The molecule has 0 bridgehead atoms. The number of hydrogen-bond donors (Lipinski definition) is 2. The van der Waals surface area contributed by atoms with Gasteiger partial charge in [0, 0.05) is 41.2 Å². The molecule has 0 saturated heterocycles. The fourth-order valence-corrected chi connectivity index (χ4v) is 6.21. The summed E-state index contributed by atoms with van der Waals surface area (Å²) < 4.78 is 5.85. The van der Waals surface area contributed by atoms with Crippen molar-refractivity contribution in [2.75, 3.05) is 25.5 Å². The number of ether oxygens (including phenoxy) is 1. The first-order valence-electron chi connectivity index (χ1n) is 16.3. The number of nitrogens with one attached hydrogen (secondary N) is 2. The normalized spacial score (nSPS) is 13.5. The fraction of sp³-hybridized carbons (Fsp3) is 0.405. The molecule has 0 radical (unpaired) electrons. The summed E-state index contributed by atoms with van der Waals surface area (Å²) in [6, 6.07) is 16.8. The van der Waals surface area contributed by atoms with Gasteiger partial charge in [0.25, 0.3) is 11.5 Å². The van der Waals surface area contributed by atoms with Crippen LogP contribution in [0.15, 0.2) is 78.0 Å². The van der Waals surface area contributed by atoms with E-state index in [9.17, 15) is 14.4 Å². The molecule has 4 aromatic rings. The third kappa shape index (κ3) is 9.11. The predicted molar refractivity (Wildman–Crippen MR) is 179 cm³/mol. The van der Waals surface area contributed by atoms with E-state index < -0.39 is 5.97 Å². The highest BCUT2D eigenvalue weighted by Crippen LogP contribution is 2.29. The van der Waals surface area contributed by atoms with Crippen LogP contribution in [0, 0.1) is 5.92 Å². The number of hydrogen-bond acceptors (Lipinski definition) is 6. The summed E-state index contributed by atoms with van der Waals surface area (Å²) in [7, 11) is 1.26. The Bertz CT molecular complexity index is 1660. The van der Waals surface area contributed by atoms with Crippen LogP contribution >= 0.6 is 0 Å². The van der Waals surface area contributed by atoms with Gasteiger partial charge in [-0.2, -0.15) is 0 Å². The van der Waals surface area contributed by atoms with E-state index in [0.29, 0.717) is 11.3 Å². The molecule has 236 valence electrons.